The molecule has 2 amide bonds. The third-order valence-electron chi connectivity index (χ3n) is 5.62. The zero-order valence-corrected chi connectivity index (χ0v) is 17.6. The van der Waals surface area contributed by atoms with Gasteiger partial charge < -0.3 is 19.5 Å². The molecule has 1 aromatic heterocycles. The molecule has 7 heteroatoms. The summed E-state index contributed by atoms with van der Waals surface area (Å²) in [7, 11) is 0. The smallest absolute Gasteiger partial charge is 0.317 e. The Hall–Kier alpha value is -1.99. The zero-order chi connectivity index (χ0) is 19.3. The van der Waals surface area contributed by atoms with Crippen LogP contribution in [0.2, 0.25) is 0 Å². The van der Waals surface area contributed by atoms with Crippen LogP contribution in [0.3, 0.4) is 0 Å². The Morgan fingerprint density at radius 2 is 2.00 bits per heavy atom. The van der Waals surface area contributed by atoms with Crippen LogP contribution < -0.4 is 10.2 Å². The lowest BCUT2D eigenvalue weighted by Gasteiger charge is -2.34. The lowest BCUT2D eigenvalue weighted by atomic mass is 10.1. The molecule has 3 heterocycles. The van der Waals surface area contributed by atoms with Crippen molar-refractivity contribution >= 4 is 27.6 Å². The highest BCUT2D eigenvalue weighted by Gasteiger charge is 2.25. The molecule has 28 heavy (non-hydrogen) atoms. The summed E-state index contributed by atoms with van der Waals surface area (Å²) >= 11 is 3.54. The van der Waals surface area contributed by atoms with Gasteiger partial charge in [-0.3, -0.25) is 4.90 Å². The number of benzene rings is 1. The van der Waals surface area contributed by atoms with Gasteiger partial charge in [0.2, 0.25) is 0 Å². The summed E-state index contributed by atoms with van der Waals surface area (Å²) in [5.74, 6) is 1.48. The van der Waals surface area contributed by atoms with E-state index in [4.69, 9.17) is 4.42 Å². The Morgan fingerprint density at radius 3 is 2.75 bits per heavy atom. The van der Waals surface area contributed by atoms with E-state index in [1.165, 1.54) is 5.69 Å². The van der Waals surface area contributed by atoms with E-state index in [1.807, 2.05) is 23.1 Å². The van der Waals surface area contributed by atoms with Gasteiger partial charge in [-0.2, -0.15) is 0 Å². The molecule has 0 spiro atoms. The van der Waals surface area contributed by atoms with Crippen LogP contribution in [0.1, 0.15) is 12.2 Å². The van der Waals surface area contributed by atoms with Crippen LogP contribution >= 0.6 is 15.9 Å². The third kappa shape index (κ3) is 4.89. The van der Waals surface area contributed by atoms with Crippen molar-refractivity contribution in [2.75, 3.05) is 50.7 Å². The van der Waals surface area contributed by atoms with Crippen molar-refractivity contribution in [3.05, 3.63) is 52.9 Å². The maximum Gasteiger partial charge on any atom is 0.317 e. The number of piperazine rings is 1. The molecule has 6 nitrogen and oxygen atoms in total. The quantitative estimate of drug-likeness (QED) is 0.764. The number of carbonyl (C=O) groups is 1. The van der Waals surface area contributed by atoms with Crippen molar-refractivity contribution in [3.63, 3.8) is 0 Å². The standard InChI is InChI=1S/C21H27BrN4O2/c22-18-3-1-4-19(13-18)26-7-6-17(15-26)14-23-21(27)25-10-8-24(9-11-25)16-20-5-2-12-28-20/h1-5,12-13,17H,6-11,14-16H2,(H,23,27). The number of anilines is 1. The molecule has 4 rings (SSSR count). The van der Waals surface area contributed by atoms with Gasteiger partial charge >= 0.3 is 6.03 Å². The van der Waals surface area contributed by atoms with Crippen molar-refractivity contribution < 1.29 is 9.21 Å². The first kappa shape index (κ1) is 19.3. The van der Waals surface area contributed by atoms with E-state index < -0.39 is 0 Å². The van der Waals surface area contributed by atoms with E-state index in [-0.39, 0.29) is 6.03 Å². The van der Waals surface area contributed by atoms with Gasteiger partial charge in [0, 0.05) is 56.0 Å². The van der Waals surface area contributed by atoms with Crippen LogP contribution in [0.4, 0.5) is 10.5 Å². The topological polar surface area (TPSA) is 52.0 Å². The molecule has 1 atom stereocenters. The first-order chi connectivity index (χ1) is 13.7. The predicted molar refractivity (Wildman–Crippen MR) is 113 cm³/mol. The summed E-state index contributed by atoms with van der Waals surface area (Å²) in [4.78, 5) is 19.2. The molecule has 2 aromatic rings. The van der Waals surface area contributed by atoms with Gasteiger partial charge in [-0.25, -0.2) is 4.79 Å². The predicted octanol–water partition coefficient (Wildman–Crippen LogP) is 3.40. The van der Waals surface area contributed by atoms with Gasteiger partial charge in [0.25, 0.3) is 0 Å². The minimum atomic E-state index is 0.0681. The van der Waals surface area contributed by atoms with E-state index in [2.05, 4.69) is 49.2 Å². The van der Waals surface area contributed by atoms with Gasteiger partial charge in [0.05, 0.1) is 12.8 Å². The van der Waals surface area contributed by atoms with Crippen LogP contribution in [0.15, 0.2) is 51.6 Å². The largest absolute Gasteiger partial charge is 0.468 e. The number of nitrogens with zero attached hydrogens (tertiary/aromatic N) is 3. The number of furan rings is 1. The molecule has 0 saturated carbocycles. The van der Waals surface area contributed by atoms with Gasteiger partial charge in [0.1, 0.15) is 5.76 Å². The monoisotopic (exact) mass is 446 g/mol. The van der Waals surface area contributed by atoms with Crippen LogP contribution in [0.5, 0.6) is 0 Å². The Labute approximate surface area is 174 Å². The maximum atomic E-state index is 12.5. The first-order valence-electron chi connectivity index (χ1n) is 9.95. The highest BCUT2D eigenvalue weighted by molar-refractivity contribution is 9.10. The fraction of sp³-hybridized carbons (Fsp3) is 0.476. The lowest BCUT2D eigenvalue weighted by molar-refractivity contribution is 0.129. The Balaban J connectivity index is 1.18. The molecule has 2 aliphatic heterocycles. The first-order valence-corrected chi connectivity index (χ1v) is 10.7. The van der Waals surface area contributed by atoms with E-state index in [0.29, 0.717) is 5.92 Å². The second-order valence-corrected chi connectivity index (χ2v) is 8.52. The number of urea groups is 1. The fourth-order valence-corrected chi connectivity index (χ4v) is 4.37. The Kier molecular flexibility index (Phi) is 6.22. The Bertz CT molecular complexity index is 774. The highest BCUT2D eigenvalue weighted by atomic mass is 79.9. The minimum Gasteiger partial charge on any atom is -0.468 e. The second-order valence-electron chi connectivity index (χ2n) is 7.61. The van der Waals surface area contributed by atoms with Crippen LogP contribution in [0.25, 0.3) is 0 Å². The zero-order valence-electron chi connectivity index (χ0n) is 16.0. The number of rotatable bonds is 5. The van der Waals surface area contributed by atoms with Crippen LogP contribution in [-0.4, -0.2) is 61.6 Å². The van der Waals surface area contributed by atoms with E-state index in [1.54, 1.807) is 6.26 Å². The number of hydrogen-bond acceptors (Lipinski definition) is 4. The number of amides is 2. The minimum absolute atomic E-state index is 0.0681. The molecule has 1 aromatic carbocycles. The number of halogens is 1. The number of hydrogen-bond donors (Lipinski definition) is 1. The molecule has 150 valence electrons. The summed E-state index contributed by atoms with van der Waals surface area (Å²) in [5, 5.41) is 3.15. The summed E-state index contributed by atoms with van der Waals surface area (Å²) in [6.07, 6.45) is 2.82. The van der Waals surface area contributed by atoms with Gasteiger partial charge in [-0.15, -0.1) is 0 Å². The average Bonchev–Trinajstić information content (AvgIpc) is 3.39. The molecule has 2 fully saturated rings. The number of nitrogens with one attached hydrogen (secondary N) is 1. The SMILES string of the molecule is O=C(NCC1CCN(c2cccc(Br)c2)C1)N1CCN(Cc2ccco2)CC1. The Morgan fingerprint density at radius 1 is 1.14 bits per heavy atom. The van der Waals surface area contributed by atoms with Crippen molar-refractivity contribution in [2.45, 2.75) is 13.0 Å². The molecule has 2 aliphatic rings. The highest BCUT2D eigenvalue weighted by Crippen LogP contribution is 2.26. The molecule has 0 bridgehead atoms. The maximum absolute atomic E-state index is 12.5. The normalized spacial score (nSPS) is 20.5. The molecule has 1 unspecified atom stereocenters. The van der Waals surface area contributed by atoms with E-state index in [9.17, 15) is 4.79 Å². The van der Waals surface area contributed by atoms with Gasteiger partial charge in [-0.05, 0) is 42.7 Å². The third-order valence-corrected chi connectivity index (χ3v) is 6.11. The van der Waals surface area contributed by atoms with Crippen molar-refractivity contribution in [1.82, 2.24) is 15.1 Å². The summed E-state index contributed by atoms with van der Waals surface area (Å²) < 4.78 is 6.52. The van der Waals surface area contributed by atoms with E-state index in [0.717, 1.165) is 69.0 Å². The number of carbonyl (C=O) groups excluding carboxylic acids is 1. The summed E-state index contributed by atoms with van der Waals surface area (Å²) in [5.41, 5.74) is 1.25. The van der Waals surface area contributed by atoms with Crippen molar-refractivity contribution in [2.24, 2.45) is 5.92 Å². The molecular weight excluding hydrogens is 420 g/mol. The van der Waals surface area contributed by atoms with Gasteiger partial charge in [0.15, 0.2) is 0 Å². The van der Waals surface area contributed by atoms with Crippen LogP contribution in [-0.2, 0) is 6.54 Å². The van der Waals surface area contributed by atoms with Crippen molar-refractivity contribution in [1.29, 1.82) is 0 Å². The molecule has 2 saturated heterocycles. The molecule has 0 aliphatic carbocycles. The van der Waals surface area contributed by atoms with E-state index >= 15 is 0 Å². The lowest BCUT2D eigenvalue weighted by Crippen LogP contribution is -2.52. The molecule has 0 radical (unpaired) electrons. The summed E-state index contributed by atoms with van der Waals surface area (Å²) in [6.45, 7) is 6.90. The van der Waals surface area contributed by atoms with Crippen molar-refractivity contribution in [3.8, 4) is 0 Å². The molecular formula is C21H27BrN4O2. The molecule has 1 N–H and O–H groups in total. The summed E-state index contributed by atoms with van der Waals surface area (Å²) in [6, 6.07) is 12.4. The second kappa shape index (κ2) is 9.01. The van der Waals surface area contributed by atoms with Gasteiger partial charge in [-0.1, -0.05) is 22.0 Å². The fourth-order valence-electron chi connectivity index (χ4n) is 3.98. The van der Waals surface area contributed by atoms with Crippen LogP contribution in [0, 0.1) is 5.92 Å². The average molecular weight is 447 g/mol.